The topological polar surface area (TPSA) is 132 Å². The lowest BCUT2D eigenvalue weighted by molar-refractivity contribution is -0.365. The van der Waals surface area contributed by atoms with Gasteiger partial charge in [0.05, 0.1) is 13.2 Å². The van der Waals surface area contributed by atoms with Crippen molar-refractivity contribution in [2.24, 2.45) is 0 Å². The molecule has 8 nitrogen and oxygen atoms in total. The Morgan fingerprint density at radius 3 is 2.33 bits per heavy atom. The van der Waals surface area contributed by atoms with Crippen molar-refractivity contribution in [3.05, 3.63) is 58.4 Å². The fourth-order valence-corrected chi connectivity index (χ4v) is 3.87. The minimum absolute atomic E-state index is 0.0416. The van der Waals surface area contributed by atoms with Crippen LogP contribution >= 0.6 is 0 Å². The summed E-state index contributed by atoms with van der Waals surface area (Å²) in [5.74, 6) is -1.71. The lowest BCUT2D eigenvalue weighted by Crippen LogP contribution is -2.65. The van der Waals surface area contributed by atoms with E-state index >= 15 is 0 Å². The number of benzene rings is 1. The highest BCUT2D eigenvalue weighted by atomic mass is 16.7. The first-order valence-electron chi connectivity index (χ1n) is 9.81. The number of aryl methyl sites for hydroxylation is 2. The van der Waals surface area contributed by atoms with Crippen molar-refractivity contribution in [2.45, 2.75) is 63.5 Å². The van der Waals surface area contributed by atoms with Crippen LogP contribution < -0.4 is 4.74 Å². The molecule has 5 N–H and O–H groups in total. The van der Waals surface area contributed by atoms with Gasteiger partial charge in [-0.25, -0.2) is 0 Å². The Hall–Kier alpha value is -2.07. The van der Waals surface area contributed by atoms with Gasteiger partial charge >= 0.3 is 0 Å². The number of hydrogen-bond acceptors (Lipinski definition) is 8. The zero-order valence-corrected chi connectivity index (χ0v) is 17.5. The molecule has 0 bridgehead atoms. The van der Waals surface area contributed by atoms with Crippen LogP contribution in [0.15, 0.2) is 30.3 Å². The molecule has 1 aromatic heterocycles. The van der Waals surface area contributed by atoms with Gasteiger partial charge in [-0.3, -0.25) is 4.98 Å². The van der Waals surface area contributed by atoms with E-state index in [1.165, 1.54) is 6.92 Å². The van der Waals surface area contributed by atoms with Crippen molar-refractivity contribution in [1.29, 1.82) is 0 Å². The van der Waals surface area contributed by atoms with Gasteiger partial charge < -0.3 is 35.0 Å². The van der Waals surface area contributed by atoms with Crippen molar-refractivity contribution in [3.63, 3.8) is 0 Å². The maximum Gasteiger partial charge on any atom is 0.240 e. The Bertz CT molecular complexity index is 886. The van der Waals surface area contributed by atoms with E-state index in [1.807, 2.05) is 37.3 Å². The van der Waals surface area contributed by atoms with Crippen LogP contribution in [0.1, 0.15) is 35.0 Å². The van der Waals surface area contributed by atoms with Crippen LogP contribution in [-0.4, -0.2) is 68.1 Å². The van der Waals surface area contributed by atoms with E-state index in [0.29, 0.717) is 23.4 Å². The van der Waals surface area contributed by atoms with Gasteiger partial charge in [0.15, 0.2) is 0 Å². The summed E-state index contributed by atoms with van der Waals surface area (Å²) >= 11 is 0. The third kappa shape index (κ3) is 4.07. The number of aliphatic hydroxyl groups is 5. The molecule has 0 amide bonds. The standard InChI is InChI=1S/C22H29NO7/c1-11-9-12(2)23-20(16(11)10-14-5-7-15(29-4)8-6-14)22(28)21(27)18(26)17(25)19(30-22)13(3)24/h5-9,13,17-19,21,24-28H,10H2,1-4H3/t13-,17-,18-,19+,21+,22+/m0/s1. The Kier molecular flexibility index (Phi) is 6.47. The summed E-state index contributed by atoms with van der Waals surface area (Å²) in [6.07, 6.45) is -7.33. The molecule has 1 aromatic carbocycles. The number of pyridine rings is 1. The van der Waals surface area contributed by atoms with Gasteiger partial charge in [0, 0.05) is 5.69 Å². The SMILES string of the molecule is COc1ccc(Cc2c(C)cc(C)nc2[C@@]2(O)O[C@H]([C@H](C)O)[C@@H](O)[C@H](O)[C@H]2O)cc1. The molecule has 0 spiro atoms. The van der Waals surface area contributed by atoms with Gasteiger partial charge in [0.2, 0.25) is 5.79 Å². The Balaban J connectivity index is 2.09. The van der Waals surface area contributed by atoms with E-state index in [9.17, 15) is 25.5 Å². The van der Waals surface area contributed by atoms with Crippen LogP contribution in [0, 0.1) is 13.8 Å². The summed E-state index contributed by atoms with van der Waals surface area (Å²) in [7, 11) is 1.58. The summed E-state index contributed by atoms with van der Waals surface area (Å²) in [6.45, 7) is 4.96. The van der Waals surface area contributed by atoms with E-state index in [2.05, 4.69) is 4.98 Å². The van der Waals surface area contributed by atoms with Gasteiger partial charge in [0.1, 0.15) is 35.9 Å². The summed E-state index contributed by atoms with van der Waals surface area (Å²) in [5, 5.41) is 52.5. The average molecular weight is 419 g/mol. The van der Waals surface area contributed by atoms with Gasteiger partial charge in [0.25, 0.3) is 0 Å². The molecule has 1 saturated heterocycles. The minimum Gasteiger partial charge on any atom is -0.497 e. The molecule has 30 heavy (non-hydrogen) atoms. The first-order valence-corrected chi connectivity index (χ1v) is 9.81. The molecular formula is C22H29NO7. The molecule has 8 heteroatoms. The summed E-state index contributed by atoms with van der Waals surface area (Å²) in [6, 6.07) is 9.23. The first kappa shape index (κ1) is 22.6. The van der Waals surface area contributed by atoms with Crippen LogP contribution in [0.3, 0.4) is 0 Å². The predicted molar refractivity (Wildman–Crippen MR) is 108 cm³/mol. The van der Waals surface area contributed by atoms with Crippen LogP contribution in [0.25, 0.3) is 0 Å². The molecule has 1 aliphatic rings. The molecular weight excluding hydrogens is 390 g/mol. The van der Waals surface area contributed by atoms with Crippen LogP contribution in [0.4, 0.5) is 0 Å². The number of aromatic nitrogens is 1. The minimum atomic E-state index is -2.42. The quantitative estimate of drug-likeness (QED) is 0.468. The molecule has 1 aliphatic heterocycles. The van der Waals surface area contributed by atoms with Crippen molar-refractivity contribution in [3.8, 4) is 5.75 Å². The average Bonchev–Trinajstić information content (AvgIpc) is 2.71. The molecule has 2 aromatic rings. The third-order valence-electron chi connectivity index (χ3n) is 5.56. The second kappa shape index (κ2) is 8.58. The summed E-state index contributed by atoms with van der Waals surface area (Å²) in [4.78, 5) is 4.43. The number of rotatable bonds is 5. The third-order valence-corrected chi connectivity index (χ3v) is 5.56. The fraction of sp³-hybridized carbons (Fsp3) is 0.500. The maximum atomic E-state index is 11.4. The van der Waals surface area contributed by atoms with Crippen LogP contribution in [0.5, 0.6) is 5.75 Å². The molecule has 3 rings (SSSR count). The Labute approximate surface area is 175 Å². The molecule has 0 aliphatic carbocycles. The normalized spacial score (nSPS) is 30.2. The maximum absolute atomic E-state index is 11.4. The van der Waals surface area contributed by atoms with E-state index in [1.54, 1.807) is 14.0 Å². The Morgan fingerprint density at radius 2 is 1.77 bits per heavy atom. The second-order valence-corrected chi connectivity index (χ2v) is 7.88. The number of ether oxygens (including phenoxy) is 2. The zero-order valence-electron chi connectivity index (χ0n) is 17.5. The van der Waals surface area contributed by atoms with Gasteiger partial charge in [-0.05, 0) is 62.1 Å². The number of aliphatic hydroxyl groups excluding tert-OH is 4. The molecule has 1 fully saturated rings. The van der Waals surface area contributed by atoms with E-state index in [-0.39, 0.29) is 5.69 Å². The van der Waals surface area contributed by atoms with Gasteiger partial charge in [-0.15, -0.1) is 0 Å². The highest BCUT2D eigenvalue weighted by molar-refractivity contribution is 5.40. The van der Waals surface area contributed by atoms with Crippen molar-refractivity contribution >= 4 is 0 Å². The second-order valence-electron chi connectivity index (χ2n) is 7.88. The largest absolute Gasteiger partial charge is 0.497 e. The van der Waals surface area contributed by atoms with Crippen LogP contribution in [0.2, 0.25) is 0 Å². The highest BCUT2D eigenvalue weighted by Crippen LogP contribution is 2.39. The molecule has 2 heterocycles. The van der Waals surface area contributed by atoms with Crippen molar-refractivity contribution < 1.29 is 35.0 Å². The lowest BCUT2D eigenvalue weighted by Gasteiger charge is -2.46. The van der Waals surface area contributed by atoms with Crippen molar-refractivity contribution in [1.82, 2.24) is 4.98 Å². The highest BCUT2D eigenvalue weighted by Gasteiger charge is 2.56. The number of methoxy groups -OCH3 is 1. The smallest absolute Gasteiger partial charge is 0.240 e. The lowest BCUT2D eigenvalue weighted by atomic mass is 9.85. The molecule has 0 unspecified atom stereocenters. The molecule has 0 saturated carbocycles. The monoisotopic (exact) mass is 419 g/mol. The first-order chi connectivity index (χ1) is 14.1. The van der Waals surface area contributed by atoms with Crippen LogP contribution in [-0.2, 0) is 16.9 Å². The Morgan fingerprint density at radius 1 is 1.13 bits per heavy atom. The number of hydrogen-bond donors (Lipinski definition) is 5. The van der Waals surface area contributed by atoms with E-state index in [0.717, 1.165) is 11.1 Å². The predicted octanol–water partition coefficient (Wildman–Crippen LogP) is 0.305. The van der Waals surface area contributed by atoms with Gasteiger partial charge in [-0.1, -0.05) is 12.1 Å². The molecule has 164 valence electrons. The zero-order chi connectivity index (χ0) is 22.2. The molecule has 0 radical (unpaired) electrons. The molecule has 6 atom stereocenters. The van der Waals surface area contributed by atoms with Gasteiger partial charge in [-0.2, -0.15) is 0 Å². The summed E-state index contributed by atoms with van der Waals surface area (Å²) < 4.78 is 10.8. The number of nitrogens with zero attached hydrogens (tertiary/aromatic N) is 1. The van der Waals surface area contributed by atoms with Crippen molar-refractivity contribution in [2.75, 3.05) is 7.11 Å². The fourth-order valence-electron chi connectivity index (χ4n) is 3.87. The summed E-state index contributed by atoms with van der Waals surface area (Å²) in [5.41, 5.74) is 2.96. The van der Waals surface area contributed by atoms with E-state index in [4.69, 9.17) is 9.47 Å². The van der Waals surface area contributed by atoms with E-state index < -0.39 is 36.3 Å².